The molecule has 7 nitrogen and oxygen atoms in total. The van der Waals surface area contributed by atoms with Gasteiger partial charge in [0.05, 0.1) is 36.8 Å². The molecule has 0 saturated carbocycles. The Morgan fingerprint density at radius 1 is 1.32 bits per heavy atom. The molecule has 0 radical (unpaired) electrons. The number of carbonyl (C=O) groups excluding carboxylic acids is 1. The molecule has 0 bridgehead atoms. The Balaban J connectivity index is 1.78. The fourth-order valence-electron chi connectivity index (χ4n) is 2.08. The highest BCUT2D eigenvalue weighted by Gasteiger charge is 2.13. The van der Waals surface area contributed by atoms with Crippen LogP contribution >= 0.6 is 11.8 Å². The molecule has 3 rings (SSSR count). The van der Waals surface area contributed by atoms with E-state index >= 15 is 0 Å². The summed E-state index contributed by atoms with van der Waals surface area (Å²) in [4.78, 5) is 15.6. The second kappa shape index (κ2) is 6.18. The number of para-hydroxylation sites is 2. The third-order valence-electron chi connectivity index (χ3n) is 3.31. The first-order valence-corrected chi connectivity index (χ1v) is 7.65. The van der Waals surface area contributed by atoms with Gasteiger partial charge in [-0.15, -0.1) is 10.2 Å². The van der Waals surface area contributed by atoms with Crippen molar-refractivity contribution >= 4 is 28.8 Å². The van der Waals surface area contributed by atoms with E-state index in [4.69, 9.17) is 0 Å². The topological polar surface area (TPSA) is 74.8 Å². The number of esters is 1. The van der Waals surface area contributed by atoms with Gasteiger partial charge in [-0.1, -0.05) is 23.9 Å². The molecule has 0 unspecified atom stereocenters. The van der Waals surface area contributed by atoms with Crippen LogP contribution in [0.15, 0.2) is 35.7 Å². The van der Waals surface area contributed by atoms with Gasteiger partial charge in [0.25, 0.3) is 0 Å². The van der Waals surface area contributed by atoms with Crippen LogP contribution in [-0.2, 0) is 23.1 Å². The molecule has 0 fully saturated rings. The van der Waals surface area contributed by atoms with Crippen molar-refractivity contribution in [2.24, 2.45) is 7.05 Å². The summed E-state index contributed by atoms with van der Waals surface area (Å²) < 4.78 is 8.52. The maximum Gasteiger partial charge on any atom is 0.316 e. The van der Waals surface area contributed by atoms with Crippen LogP contribution in [0.4, 0.5) is 0 Å². The van der Waals surface area contributed by atoms with Crippen molar-refractivity contribution in [1.82, 2.24) is 24.3 Å². The fraction of sp³-hybridized carbons (Fsp3) is 0.286. The molecule has 1 aromatic carbocycles. The van der Waals surface area contributed by atoms with Gasteiger partial charge >= 0.3 is 5.97 Å². The molecule has 114 valence electrons. The number of hydrogen-bond donors (Lipinski definition) is 0. The van der Waals surface area contributed by atoms with Crippen LogP contribution in [0, 0.1) is 0 Å². The predicted molar refractivity (Wildman–Crippen MR) is 82.6 cm³/mol. The Morgan fingerprint density at radius 2 is 2.14 bits per heavy atom. The van der Waals surface area contributed by atoms with Crippen LogP contribution < -0.4 is 0 Å². The first kappa shape index (κ1) is 14.6. The zero-order valence-corrected chi connectivity index (χ0v) is 13.1. The van der Waals surface area contributed by atoms with Crippen LogP contribution in [-0.4, -0.2) is 43.1 Å². The second-order valence-electron chi connectivity index (χ2n) is 4.68. The normalized spacial score (nSPS) is 11.0. The number of benzene rings is 1. The molecule has 0 aliphatic carbocycles. The van der Waals surface area contributed by atoms with Gasteiger partial charge in [0.15, 0.2) is 11.0 Å². The molecule has 0 spiro atoms. The number of methoxy groups -OCH3 is 1. The van der Waals surface area contributed by atoms with Gasteiger partial charge in [-0.25, -0.2) is 4.98 Å². The minimum Gasteiger partial charge on any atom is -0.468 e. The molecule has 22 heavy (non-hydrogen) atoms. The first-order valence-electron chi connectivity index (χ1n) is 6.67. The second-order valence-corrected chi connectivity index (χ2v) is 5.63. The maximum atomic E-state index is 11.2. The lowest BCUT2D eigenvalue weighted by Gasteiger charge is -2.05. The van der Waals surface area contributed by atoms with Crippen LogP contribution in [0.3, 0.4) is 0 Å². The van der Waals surface area contributed by atoms with E-state index in [2.05, 4.69) is 19.9 Å². The monoisotopic (exact) mass is 317 g/mol. The van der Waals surface area contributed by atoms with Gasteiger partial charge in [0.1, 0.15) is 0 Å². The summed E-state index contributed by atoms with van der Waals surface area (Å²) in [5.74, 6) is 0.738. The summed E-state index contributed by atoms with van der Waals surface area (Å²) in [7, 11) is 3.25. The minimum atomic E-state index is -0.282. The Hall–Kier alpha value is -2.35. The Kier molecular flexibility index (Phi) is 4.10. The SMILES string of the molecule is COC(=O)CSc1nnc(Cn2cnc3ccccc32)n1C. The number of rotatable bonds is 5. The lowest BCUT2D eigenvalue weighted by Crippen LogP contribution is -2.07. The third kappa shape index (κ3) is 2.82. The van der Waals surface area contributed by atoms with E-state index < -0.39 is 0 Å². The van der Waals surface area contributed by atoms with Gasteiger partial charge < -0.3 is 13.9 Å². The maximum absolute atomic E-state index is 11.2. The Labute approximate surface area is 131 Å². The van der Waals surface area contributed by atoms with E-state index in [1.54, 1.807) is 6.33 Å². The van der Waals surface area contributed by atoms with Gasteiger partial charge in [0.2, 0.25) is 0 Å². The number of ether oxygens (including phenoxy) is 1. The molecule has 0 aliphatic rings. The van der Waals surface area contributed by atoms with Crippen LogP contribution in [0.5, 0.6) is 0 Å². The third-order valence-corrected chi connectivity index (χ3v) is 4.30. The number of carbonyl (C=O) groups is 1. The van der Waals surface area contributed by atoms with Gasteiger partial charge in [-0.3, -0.25) is 4.79 Å². The van der Waals surface area contributed by atoms with Gasteiger partial charge in [-0.2, -0.15) is 0 Å². The standard InChI is InChI=1S/C14H15N5O2S/c1-18-12(16-17-14(18)22-8-13(20)21-2)7-19-9-15-10-5-3-4-6-11(10)19/h3-6,9H,7-8H2,1-2H3. The molecule has 2 aromatic heterocycles. The Morgan fingerprint density at radius 3 is 2.95 bits per heavy atom. The first-order chi connectivity index (χ1) is 10.7. The number of hydrogen-bond acceptors (Lipinski definition) is 6. The molecule has 0 N–H and O–H groups in total. The number of fused-ring (bicyclic) bond motifs is 1. The number of nitrogens with zero attached hydrogens (tertiary/aromatic N) is 5. The molecule has 2 heterocycles. The summed E-state index contributed by atoms with van der Waals surface area (Å²) in [6, 6.07) is 7.93. The van der Waals surface area contributed by atoms with E-state index in [0.29, 0.717) is 11.7 Å². The smallest absolute Gasteiger partial charge is 0.316 e. The number of aromatic nitrogens is 5. The zero-order chi connectivity index (χ0) is 15.5. The van der Waals surface area contributed by atoms with Crippen molar-refractivity contribution in [2.75, 3.05) is 12.9 Å². The van der Waals surface area contributed by atoms with Crippen molar-refractivity contribution in [3.05, 3.63) is 36.4 Å². The van der Waals surface area contributed by atoms with Crippen LogP contribution in [0.2, 0.25) is 0 Å². The van der Waals surface area contributed by atoms with E-state index in [0.717, 1.165) is 16.9 Å². The van der Waals surface area contributed by atoms with Crippen molar-refractivity contribution in [1.29, 1.82) is 0 Å². The largest absolute Gasteiger partial charge is 0.468 e. The predicted octanol–water partition coefficient (Wildman–Crippen LogP) is 1.48. The average molecular weight is 317 g/mol. The van der Waals surface area contributed by atoms with Crippen LogP contribution in [0.1, 0.15) is 5.82 Å². The quantitative estimate of drug-likeness (QED) is 0.524. The van der Waals surface area contributed by atoms with Gasteiger partial charge in [-0.05, 0) is 12.1 Å². The molecule has 8 heteroatoms. The highest BCUT2D eigenvalue weighted by Crippen LogP contribution is 2.18. The summed E-state index contributed by atoms with van der Waals surface area (Å²) in [5.41, 5.74) is 2.00. The average Bonchev–Trinajstić information content (AvgIpc) is 3.11. The molecule has 0 atom stereocenters. The highest BCUT2D eigenvalue weighted by atomic mass is 32.2. The fourth-order valence-corrected chi connectivity index (χ4v) is 2.84. The number of imidazole rings is 1. The summed E-state index contributed by atoms with van der Waals surface area (Å²) in [6.07, 6.45) is 1.79. The zero-order valence-electron chi connectivity index (χ0n) is 12.3. The molecule has 0 amide bonds. The van der Waals surface area contributed by atoms with E-state index in [1.807, 2.05) is 40.4 Å². The summed E-state index contributed by atoms with van der Waals surface area (Å²) in [6.45, 7) is 0.572. The van der Waals surface area contributed by atoms with Crippen LogP contribution in [0.25, 0.3) is 11.0 Å². The molecule has 3 aromatic rings. The Bertz CT molecular complexity index is 811. The highest BCUT2D eigenvalue weighted by molar-refractivity contribution is 7.99. The van der Waals surface area contributed by atoms with E-state index in [1.165, 1.54) is 18.9 Å². The lowest BCUT2D eigenvalue weighted by molar-refractivity contribution is -0.137. The summed E-state index contributed by atoms with van der Waals surface area (Å²) >= 11 is 1.31. The van der Waals surface area contributed by atoms with Gasteiger partial charge in [0, 0.05) is 7.05 Å². The number of thioether (sulfide) groups is 1. The lowest BCUT2D eigenvalue weighted by atomic mass is 10.3. The van der Waals surface area contributed by atoms with E-state index in [9.17, 15) is 4.79 Å². The molecular weight excluding hydrogens is 302 g/mol. The summed E-state index contributed by atoms with van der Waals surface area (Å²) in [5, 5.41) is 8.99. The minimum absolute atomic E-state index is 0.219. The molecule has 0 aliphatic heterocycles. The van der Waals surface area contributed by atoms with Crippen molar-refractivity contribution in [3.8, 4) is 0 Å². The molecule has 0 saturated heterocycles. The van der Waals surface area contributed by atoms with Crippen molar-refractivity contribution in [2.45, 2.75) is 11.7 Å². The van der Waals surface area contributed by atoms with Crippen molar-refractivity contribution in [3.63, 3.8) is 0 Å². The van der Waals surface area contributed by atoms with Crippen molar-refractivity contribution < 1.29 is 9.53 Å². The molecular formula is C14H15N5O2S. The van der Waals surface area contributed by atoms with E-state index in [-0.39, 0.29) is 11.7 Å².